The zero-order valence-corrected chi connectivity index (χ0v) is 11.9. The highest BCUT2D eigenvalue weighted by Crippen LogP contribution is 2.29. The Morgan fingerprint density at radius 3 is 3.24 bits per heavy atom. The van der Waals surface area contributed by atoms with Gasteiger partial charge in [0.1, 0.15) is 12.3 Å². The van der Waals surface area contributed by atoms with Gasteiger partial charge in [-0.25, -0.2) is 0 Å². The molecule has 1 aliphatic heterocycles. The van der Waals surface area contributed by atoms with Gasteiger partial charge in [-0.3, -0.25) is 9.48 Å². The van der Waals surface area contributed by atoms with Gasteiger partial charge in [-0.15, -0.1) is 0 Å². The van der Waals surface area contributed by atoms with E-state index >= 15 is 0 Å². The Labute approximate surface area is 122 Å². The molecule has 1 unspecified atom stereocenters. The molecule has 21 heavy (non-hydrogen) atoms. The molecule has 3 rings (SSSR count). The van der Waals surface area contributed by atoms with Crippen molar-refractivity contribution in [3.63, 3.8) is 0 Å². The zero-order valence-electron chi connectivity index (χ0n) is 11.9. The lowest BCUT2D eigenvalue weighted by Crippen LogP contribution is -2.18. The molecule has 6 heteroatoms. The minimum absolute atomic E-state index is 0.0895. The monoisotopic (exact) mass is 286 g/mol. The van der Waals surface area contributed by atoms with E-state index in [0.717, 1.165) is 24.5 Å². The molecule has 3 N–H and O–H groups in total. The number of ether oxygens (including phenoxy) is 1. The lowest BCUT2D eigenvalue weighted by Gasteiger charge is -2.15. The first-order chi connectivity index (χ1) is 10.1. The Balaban J connectivity index is 1.69. The van der Waals surface area contributed by atoms with Gasteiger partial charge in [-0.1, -0.05) is 6.07 Å². The van der Waals surface area contributed by atoms with Crippen LogP contribution in [-0.2, 0) is 17.8 Å². The molecule has 0 saturated carbocycles. The van der Waals surface area contributed by atoms with Crippen LogP contribution in [0.15, 0.2) is 30.6 Å². The summed E-state index contributed by atoms with van der Waals surface area (Å²) < 4.78 is 7.04. The van der Waals surface area contributed by atoms with Gasteiger partial charge >= 0.3 is 0 Å². The molecule has 0 aliphatic carbocycles. The van der Waals surface area contributed by atoms with Gasteiger partial charge in [-0.05, 0) is 30.2 Å². The third-order valence-corrected chi connectivity index (χ3v) is 3.55. The van der Waals surface area contributed by atoms with Crippen LogP contribution >= 0.6 is 0 Å². The average Bonchev–Trinajstić information content (AvgIpc) is 3.06. The molecule has 0 bridgehead atoms. The number of nitrogens with two attached hydrogens (primary N) is 1. The summed E-state index contributed by atoms with van der Waals surface area (Å²) in [6.45, 7) is 2.94. The van der Waals surface area contributed by atoms with E-state index in [2.05, 4.69) is 29.5 Å². The molecule has 1 atom stereocenters. The fourth-order valence-corrected chi connectivity index (χ4v) is 2.49. The second-order valence-electron chi connectivity index (χ2n) is 5.22. The summed E-state index contributed by atoms with van der Waals surface area (Å²) in [5, 5.41) is 7.46. The number of carbonyl (C=O) groups is 1. The first-order valence-electron chi connectivity index (χ1n) is 6.95. The number of fused-ring (bicyclic) bond motifs is 1. The van der Waals surface area contributed by atoms with E-state index in [1.54, 1.807) is 12.4 Å². The van der Waals surface area contributed by atoms with Crippen molar-refractivity contribution in [3.05, 3.63) is 41.7 Å². The molecule has 1 aromatic heterocycles. The highest BCUT2D eigenvalue weighted by molar-refractivity contribution is 5.73. The van der Waals surface area contributed by atoms with Crippen LogP contribution in [0, 0.1) is 0 Å². The van der Waals surface area contributed by atoms with Gasteiger partial charge in [0.25, 0.3) is 0 Å². The summed E-state index contributed by atoms with van der Waals surface area (Å²) in [7, 11) is 0. The Hall–Kier alpha value is -2.50. The molecule has 2 heterocycles. The van der Waals surface area contributed by atoms with Crippen molar-refractivity contribution >= 4 is 11.6 Å². The summed E-state index contributed by atoms with van der Waals surface area (Å²) in [6, 6.07) is 6.40. The molecule has 0 spiro atoms. The Morgan fingerprint density at radius 2 is 2.43 bits per heavy atom. The number of hydrogen-bond acceptors (Lipinski definition) is 4. The van der Waals surface area contributed by atoms with Crippen molar-refractivity contribution in [3.8, 4) is 5.75 Å². The number of carbonyl (C=O) groups excluding carboxylic acids is 1. The summed E-state index contributed by atoms with van der Waals surface area (Å²) in [4.78, 5) is 10.9. The lowest BCUT2D eigenvalue weighted by molar-refractivity contribution is -0.118. The molecule has 6 nitrogen and oxygen atoms in total. The summed E-state index contributed by atoms with van der Waals surface area (Å²) in [5.41, 5.74) is 8.46. The minimum atomic E-state index is -0.406. The number of aromatic nitrogens is 2. The van der Waals surface area contributed by atoms with Crippen LogP contribution in [0.1, 0.15) is 24.1 Å². The molecule has 2 aromatic rings. The quantitative estimate of drug-likeness (QED) is 0.872. The number of primary amides is 1. The molecule has 0 saturated heterocycles. The number of amides is 1. The van der Waals surface area contributed by atoms with Crippen molar-refractivity contribution in [2.24, 2.45) is 5.73 Å². The highest BCUT2D eigenvalue weighted by Gasteiger charge is 2.15. The number of nitrogens with zero attached hydrogens (tertiary/aromatic N) is 2. The average molecular weight is 286 g/mol. The molecule has 1 amide bonds. The molecule has 1 aromatic carbocycles. The van der Waals surface area contributed by atoms with E-state index in [4.69, 9.17) is 10.5 Å². The first kappa shape index (κ1) is 13.5. The zero-order chi connectivity index (χ0) is 14.8. The van der Waals surface area contributed by atoms with Crippen molar-refractivity contribution in [2.45, 2.75) is 25.9 Å². The predicted molar refractivity (Wildman–Crippen MR) is 79.1 cm³/mol. The number of hydrogen-bond donors (Lipinski definition) is 2. The maximum Gasteiger partial charge on any atom is 0.239 e. The van der Waals surface area contributed by atoms with Crippen molar-refractivity contribution < 1.29 is 9.53 Å². The summed E-state index contributed by atoms with van der Waals surface area (Å²) in [5.74, 6) is 0.580. The number of anilines is 1. The predicted octanol–water partition coefficient (Wildman–Crippen LogP) is 1.48. The van der Waals surface area contributed by atoms with Gasteiger partial charge in [0.05, 0.1) is 18.5 Å². The van der Waals surface area contributed by atoms with Crippen LogP contribution in [0.25, 0.3) is 0 Å². The molecule has 0 radical (unpaired) electrons. The van der Waals surface area contributed by atoms with Gasteiger partial charge in [0, 0.05) is 18.7 Å². The van der Waals surface area contributed by atoms with Crippen molar-refractivity contribution in [2.75, 3.05) is 11.9 Å². The minimum Gasteiger partial charge on any atom is -0.493 e. The number of rotatable bonds is 5. The molecule has 110 valence electrons. The maximum absolute atomic E-state index is 10.9. The van der Waals surface area contributed by atoms with E-state index in [-0.39, 0.29) is 12.6 Å². The fraction of sp³-hybridized carbons (Fsp3) is 0.333. The van der Waals surface area contributed by atoms with Crippen LogP contribution in [0.3, 0.4) is 0 Å². The van der Waals surface area contributed by atoms with Crippen LogP contribution in [0.5, 0.6) is 5.75 Å². The number of benzene rings is 1. The Kier molecular flexibility index (Phi) is 3.51. The number of nitrogens with one attached hydrogen (secondary N) is 1. The molecular weight excluding hydrogens is 268 g/mol. The first-order valence-corrected chi connectivity index (χ1v) is 6.95. The maximum atomic E-state index is 10.9. The van der Waals surface area contributed by atoms with Crippen LogP contribution < -0.4 is 15.8 Å². The van der Waals surface area contributed by atoms with Gasteiger partial charge < -0.3 is 15.8 Å². The molecule has 1 aliphatic rings. The fourth-order valence-electron chi connectivity index (χ4n) is 2.49. The van der Waals surface area contributed by atoms with E-state index < -0.39 is 5.91 Å². The van der Waals surface area contributed by atoms with Gasteiger partial charge in [-0.2, -0.15) is 5.10 Å². The SMILES string of the molecule is CC(Nc1cnn(CC(N)=O)c1)c1ccc2c(c1)CCO2. The Morgan fingerprint density at radius 1 is 1.57 bits per heavy atom. The lowest BCUT2D eigenvalue weighted by atomic mass is 10.0. The summed E-state index contributed by atoms with van der Waals surface area (Å²) in [6.07, 6.45) is 4.43. The second-order valence-corrected chi connectivity index (χ2v) is 5.22. The van der Waals surface area contributed by atoms with Crippen molar-refractivity contribution in [1.82, 2.24) is 9.78 Å². The topological polar surface area (TPSA) is 82.2 Å². The third kappa shape index (κ3) is 2.99. The van der Waals surface area contributed by atoms with Crippen molar-refractivity contribution in [1.29, 1.82) is 0 Å². The van der Waals surface area contributed by atoms with Gasteiger partial charge in [0.15, 0.2) is 0 Å². The normalized spacial score (nSPS) is 14.3. The van der Waals surface area contributed by atoms with Gasteiger partial charge in [0.2, 0.25) is 5.91 Å². The third-order valence-electron chi connectivity index (χ3n) is 3.55. The van der Waals surface area contributed by atoms with Crippen LogP contribution in [0.2, 0.25) is 0 Å². The Bertz CT molecular complexity index is 665. The molecular formula is C15H18N4O2. The standard InChI is InChI=1S/C15H18N4O2/c1-10(11-2-3-14-12(6-11)4-5-21-14)18-13-7-17-19(8-13)9-15(16)20/h2-3,6-8,10,18H,4-5,9H2,1H3,(H2,16,20). The molecule has 0 fully saturated rings. The van der Waals surface area contributed by atoms with E-state index in [1.807, 2.05) is 6.07 Å². The van der Waals surface area contributed by atoms with Crippen LogP contribution in [0.4, 0.5) is 5.69 Å². The second kappa shape index (κ2) is 5.47. The summed E-state index contributed by atoms with van der Waals surface area (Å²) >= 11 is 0. The van der Waals surface area contributed by atoms with E-state index in [9.17, 15) is 4.79 Å². The smallest absolute Gasteiger partial charge is 0.239 e. The van der Waals surface area contributed by atoms with Crippen LogP contribution in [-0.4, -0.2) is 22.3 Å². The van der Waals surface area contributed by atoms with E-state index in [1.165, 1.54) is 15.8 Å². The largest absolute Gasteiger partial charge is 0.493 e. The van der Waals surface area contributed by atoms with E-state index in [0.29, 0.717) is 0 Å². The highest BCUT2D eigenvalue weighted by atomic mass is 16.5.